The van der Waals surface area contributed by atoms with Crippen molar-refractivity contribution in [2.75, 3.05) is 26.2 Å². The average molecular weight is 300 g/mol. The second kappa shape index (κ2) is 11.8. The quantitative estimate of drug-likeness (QED) is 0.294. The number of aliphatic carboxylic acids is 1. The number of aliphatic hydroxyl groups is 1. The highest BCUT2D eigenvalue weighted by molar-refractivity contribution is 5.66. The molecule has 0 amide bonds. The van der Waals surface area contributed by atoms with E-state index in [1.54, 1.807) is 0 Å². The molecule has 0 saturated carbocycles. The van der Waals surface area contributed by atoms with Gasteiger partial charge in [0.05, 0.1) is 26.1 Å². The van der Waals surface area contributed by atoms with Crippen molar-refractivity contribution >= 4 is 5.97 Å². The third-order valence-electron chi connectivity index (χ3n) is 3.99. The van der Waals surface area contributed by atoms with E-state index in [-0.39, 0.29) is 12.5 Å². The van der Waals surface area contributed by atoms with Crippen LogP contribution in [0, 0.1) is 0 Å². The Morgan fingerprint density at radius 1 is 1.19 bits per heavy atom. The van der Waals surface area contributed by atoms with Crippen molar-refractivity contribution in [3.63, 3.8) is 0 Å². The Morgan fingerprint density at radius 2 is 1.81 bits per heavy atom. The molecule has 0 spiro atoms. The van der Waals surface area contributed by atoms with Gasteiger partial charge in [0, 0.05) is 0 Å². The van der Waals surface area contributed by atoms with Crippen LogP contribution < -0.4 is 0 Å². The van der Waals surface area contributed by atoms with E-state index in [1.807, 2.05) is 6.08 Å². The summed E-state index contributed by atoms with van der Waals surface area (Å²) in [7, 11) is 0. The Balaban J connectivity index is 4.52. The maximum Gasteiger partial charge on any atom is 0.309 e. The number of hydrogen-bond donors (Lipinski definition) is 2. The fraction of sp³-hybridized carbons (Fsp3) is 0.824. The van der Waals surface area contributed by atoms with Crippen molar-refractivity contribution in [2.45, 2.75) is 64.9 Å². The van der Waals surface area contributed by atoms with Gasteiger partial charge in [0.2, 0.25) is 0 Å². The van der Waals surface area contributed by atoms with E-state index in [4.69, 9.17) is 5.11 Å². The van der Waals surface area contributed by atoms with Gasteiger partial charge in [-0.25, -0.2) is 0 Å². The van der Waals surface area contributed by atoms with Gasteiger partial charge in [-0.1, -0.05) is 26.3 Å². The molecule has 1 unspecified atom stereocenters. The molecule has 1 atom stereocenters. The zero-order chi connectivity index (χ0) is 16.1. The zero-order valence-corrected chi connectivity index (χ0v) is 13.9. The molecule has 0 rings (SSSR count). The van der Waals surface area contributed by atoms with E-state index < -0.39 is 5.97 Å². The minimum atomic E-state index is -0.745. The van der Waals surface area contributed by atoms with Crippen molar-refractivity contribution in [3.8, 4) is 0 Å². The first-order valence-corrected chi connectivity index (χ1v) is 8.35. The molecule has 0 aliphatic rings. The maximum atomic E-state index is 10.9. The Morgan fingerprint density at radius 3 is 2.29 bits per heavy atom. The van der Waals surface area contributed by atoms with Crippen LogP contribution in [0.1, 0.15) is 58.8 Å². The fourth-order valence-electron chi connectivity index (χ4n) is 3.10. The second-order valence-electron chi connectivity index (χ2n) is 6.07. The number of allylic oxidation sites excluding steroid dienone is 1. The molecule has 124 valence electrons. The summed E-state index contributed by atoms with van der Waals surface area (Å²) in [6.45, 7) is 11.2. The molecule has 2 N–H and O–H groups in total. The van der Waals surface area contributed by atoms with Gasteiger partial charge in [-0.05, 0) is 32.1 Å². The van der Waals surface area contributed by atoms with E-state index in [0.29, 0.717) is 13.1 Å². The van der Waals surface area contributed by atoms with Gasteiger partial charge in [-0.2, -0.15) is 0 Å². The lowest BCUT2D eigenvalue weighted by Gasteiger charge is -2.39. The van der Waals surface area contributed by atoms with E-state index in [9.17, 15) is 9.90 Å². The van der Waals surface area contributed by atoms with Crippen molar-refractivity contribution in [1.82, 2.24) is 0 Å². The standard InChI is InChI=1S/C17H33NO3/c1-4-7-8-9-10-16(19)15-18(12-5-2,13-6-3)14-11-17(20)21/h4,16,19H,1,5-15H2,2-3H3/p+1. The van der Waals surface area contributed by atoms with Crippen LogP contribution in [-0.4, -0.2) is 52.9 Å². The van der Waals surface area contributed by atoms with Crippen molar-refractivity contribution in [3.05, 3.63) is 12.7 Å². The van der Waals surface area contributed by atoms with Crippen LogP contribution in [0.15, 0.2) is 12.7 Å². The first kappa shape index (κ1) is 20.1. The Labute approximate surface area is 130 Å². The topological polar surface area (TPSA) is 57.5 Å². The summed E-state index contributed by atoms with van der Waals surface area (Å²) in [6, 6.07) is 0. The largest absolute Gasteiger partial charge is 0.481 e. The molecule has 0 aromatic carbocycles. The predicted molar refractivity (Wildman–Crippen MR) is 87.2 cm³/mol. The molecule has 0 radical (unpaired) electrons. The minimum absolute atomic E-state index is 0.184. The molecule has 21 heavy (non-hydrogen) atoms. The highest BCUT2D eigenvalue weighted by atomic mass is 16.4. The van der Waals surface area contributed by atoms with Crippen LogP contribution in [0.4, 0.5) is 0 Å². The van der Waals surface area contributed by atoms with Gasteiger partial charge >= 0.3 is 5.97 Å². The summed E-state index contributed by atoms with van der Waals surface area (Å²) in [6.07, 6.45) is 7.66. The molecule has 0 heterocycles. The van der Waals surface area contributed by atoms with Gasteiger partial charge in [-0.3, -0.25) is 4.79 Å². The molecule has 0 aliphatic carbocycles. The number of rotatable bonds is 14. The van der Waals surface area contributed by atoms with E-state index in [2.05, 4.69) is 20.4 Å². The maximum absolute atomic E-state index is 10.9. The first-order chi connectivity index (χ1) is 9.99. The van der Waals surface area contributed by atoms with Crippen LogP contribution in [-0.2, 0) is 4.79 Å². The van der Waals surface area contributed by atoms with Gasteiger partial charge in [-0.15, -0.1) is 6.58 Å². The van der Waals surface area contributed by atoms with Crippen LogP contribution in [0.2, 0.25) is 0 Å². The normalized spacial score (nSPS) is 13.1. The second-order valence-corrected chi connectivity index (χ2v) is 6.07. The summed E-state index contributed by atoms with van der Waals surface area (Å²) in [5.41, 5.74) is 0. The summed E-state index contributed by atoms with van der Waals surface area (Å²) >= 11 is 0. The van der Waals surface area contributed by atoms with E-state index in [0.717, 1.165) is 56.1 Å². The molecule has 0 aromatic heterocycles. The van der Waals surface area contributed by atoms with Gasteiger partial charge in [0.25, 0.3) is 0 Å². The van der Waals surface area contributed by atoms with Gasteiger partial charge < -0.3 is 14.7 Å². The average Bonchev–Trinajstić information content (AvgIpc) is 2.42. The third kappa shape index (κ3) is 9.64. The lowest BCUT2D eigenvalue weighted by Crippen LogP contribution is -2.54. The number of nitrogens with zero attached hydrogens (tertiary/aromatic N) is 1. The molecule has 0 aromatic rings. The number of carboxylic acids is 1. The molecule has 0 aliphatic heterocycles. The molecule has 0 saturated heterocycles. The number of quaternary nitrogens is 1. The van der Waals surface area contributed by atoms with Crippen LogP contribution in [0.5, 0.6) is 0 Å². The van der Waals surface area contributed by atoms with Crippen molar-refractivity contribution < 1.29 is 19.5 Å². The molecule has 4 heteroatoms. The zero-order valence-electron chi connectivity index (χ0n) is 13.9. The van der Waals surface area contributed by atoms with Crippen molar-refractivity contribution in [1.29, 1.82) is 0 Å². The molecule has 4 nitrogen and oxygen atoms in total. The van der Waals surface area contributed by atoms with Crippen molar-refractivity contribution in [2.24, 2.45) is 0 Å². The SMILES string of the molecule is C=CCCCCC(O)C[N+](CCC)(CCC)CCC(=O)O. The summed E-state index contributed by atoms with van der Waals surface area (Å²) in [5.74, 6) is -0.745. The summed E-state index contributed by atoms with van der Waals surface area (Å²) in [4.78, 5) is 10.9. The fourth-order valence-corrected chi connectivity index (χ4v) is 3.10. The first-order valence-electron chi connectivity index (χ1n) is 8.35. The number of unbranched alkanes of at least 4 members (excludes halogenated alkanes) is 2. The molecular formula is C17H34NO3+. The highest BCUT2D eigenvalue weighted by Crippen LogP contribution is 2.16. The van der Waals surface area contributed by atoms with E-state index in [1.165, 1.54) is 0 Å². The Bertz CT molecular complexity index is 286. The third-order valence-corrected chi connectivity index (χ3v) is 3.99. The lowest BCUT2D eigenvalue weighted by molar-refractivity contribution is -0.930. The molecule has 0 fully saturated rings. The van der Waals surface area contributed by atoms with Gasteiger partial charge in [0.1, 0.15) is 12.6 Å². The minimum Gasteiger partial charge on any atom is -0.481 e. The smallest absolute Gasteiger partial charge is 0.309 e. The number of carboxylic acid groups (broad SMARTS) is 1. The van der Waals surface area contributed by atoms with Crippen LogP contribution in [0.3, 0.4) is 0 Å². The Kier molecular flexibility index (Phi) is 11.3. The number of carbonyl (C=O) groups is 1. The van der Waals surface area contributed by atoms with Gasteiger partial charge in [0.15, 0.2) is 0 Å². The Hall–Kier alpha value is -0.870. The monoisotopic (exact) mass is 300 g/mol. The summed E-state index contributed by atoms with van der Waals surface area (Å²) in [5, 5.41) is 19.3. The summed E-state index contributed by atoms with van der Waals surface area (Å²) < 4.78 is 0.738. The van der Waals surface area contributed by atoms with E-state index >= 15 is 0 Å². The predicted octanol–water partition coefficient (Wildman–Crippen LogP) is 3.21. The number of aliphatic hydroxyl groups excluding tert-OH is 1. The molecular weight excluding hydrogens is 266 g/mol. The van der Waals surface area contributed by atoms with Crippen LogP contribution in [0.25, 0.3) is 0 Å². The highest BCUT2D eigenvalue weighted by Gasteiger charge is 2.29. The number of hydrogen-bond acceptors (Lipinski definition) is 2. The lowest BCUT2D eigenvalue weighted by atomic mass is 10.1. The molecule has 0 bridgehead atoms. The van der Waals surface area contributed by atoms with Crippen LogP contribution >= 0.6 is 0 Å².